The molecule has 0 atom stereocenters. The molecular formula is C25H28N2O5. The van der Waals surface area contributed by atoms with Crippen LogP contribution in [0.4, 0.5) is 0 Å². The molecule has 1 aromatic heterocycles. The van der Waals surface area contributed by atoms with Crippen LogP contribution in [0.2, 0.25) is 0 Å². The summed E-state index contributed by atoms with van der Waals surface area (Å²) in [6.45, 7) is 4.35. The molecule has 32 heavy (non-hydrogen) atoms. The molecule has 3 aromatic rings. The van der Waals surface area contributed by atoms with E-state index >= 15 is 0 Å². The van der Waals surface area contributed by atoms with E-state index in [9.17, 15) is 9.59 Å². The van der Waals surface area contributed by atoms with E-state index in [-0.39, 0.29) is 11.5 Å². The zero-order valence-corrected chi connectivity index (χ0v) is 19.0. The Morgan fingerprint density at radius 2 is 1.72 bits per heavy atom. The number of carbonyl (C=O) groups excluding carboxylic acids is 1. The number of aromatic nitrogens is 1. The van der Waals surface area contributed by atoms with Crippen molar-refractivity contribution in [2.24, 2.45) is 0 Å². The van der Waals surface area contributed by atoms with E-state index in [2.05, 4.69) is 10.3 Å². The second-order valence-electron chi connectivity index (χ2n) is 7.43. The number of carbonyl (C=O) groups is 1. The fourth-order valence-corrected chi connectivity index (χ4v) is 3.50. The van der Waals surface area contributed by atoms with Crippen molar-refractivity contribution < 1.29 is 19.0 Å². The van der Waals surface area contributed by atoms with E-state index in [1.54, 1.807) is 18.2 Å². The number of hydrogen-bond donors (Lipinski definition) is 2. The van der Waals surface area contributed by atoms with Crippen LogP contribution in [0.5, 0.6) is 17.2 Å². The Morgan fingerprint density at radius 3 is 2.34 bits per heavy atom. The van der Waals surface area contributed by atoms with Crippen LogP contribution < -0.4 is 25.1 Å². The number of H-pyrrole nitrogens is 1. The van der Waals surface area contributed by atoms with E-state index in [0.29, 0.717) is 35.8 Å². The van der Waals surface area contributed by atoms with Gasteiger partial charge in [0.05, 0.1) is 26.8 Å². The Labute approximate surface area is 187 Å². The maximum atomic E-state index is 12.4. The third-order valence-corrected chi connectivity index (χ3v) is 5.44. The average molecular weight is 437 g/mol. The molecule has 1 amide bonds. The number of amides is 1. The predicted molar refractivity (Wildman–Crippen MR) is 126 cm³/mol. The highest BCUT2D eigenvalue weighted by molar-refractivity contribution is 5.92. The minimum Gasteiger partial charge on any atom is -0.493 e. The van der Waals surface area contributed by atoms with Crippen LogP contribution in [0, 0.1) is 13.8 Å². The topological polar surface area (TPSA) is 89.7 Å². The number of methoxy groups -OCH3 is 3. The largest absolute Gasteiger partial charge is 0.493 e. The van der Waals surface area contributed by atoms with Crippen LogP contribution >= 0.6 is 0 Å². The molecule has 0 aliphatic carbocycles. The van der Waals surface area contributed by atoms with Gasteiger partial charge in [-0.1, -0.05) is 12.1 Å². The Morgan fingerprint density at radius 1 is 1.03 bits per heavy atom. The monoisotopic (exact) mass is 436 g/mol. The van der Waals surface area contributed by atoms with Gasteiger partial charge >= 0.3 is 0 Å². The first-order valence-electron chi connectivity index (χ1n) is 10.3. The molecule has 0 aliphatic rings. The third kappa shape index (κ3) is 4.94. The van der Waals surface area contributed by atoms with E-state index in [0.717, 1.165) is 27.6 Å². The number of hydrogen-bond acceptors (Lipinski definition) is 5. The molecule has 0 fully saturated rings. The van der Waals surface area contributed by atoms with Gasteiger partial charge in [-0.3, -0.25) is 9.59 Å². The molecule has 0 unspecified atom stereocenters. The lowest BCUT2D eigenvalue weighted by Gasteiger charge is -2.12. The fourth-order valence-electron chi connectivity index (χ4n) is 3.50. The van der Waals surface area contributed by atoms with Crippen LogP contribution in [0.25, 0.3) is 17.0 Å². The third-order valence-electron chi connectivity index (χ3n) is 5.44. The Balaban J connectivity index is 1.66. The number of rotatable bonds is 8. The Bertz CT molecular complexity index is 1200. The first kappa shape index (κ1) is 22.9. The molecule has 0 saturated heterocycles. The standard InChI is InChI=1S/C25H28N2O5/c1-15-6-8-18-14-19(25(29)27-23(18)16(15)2)10-11-26-22(28)9-7-17-12-20(30-3)24(32-5)21(13-17)31-4/h6-9,12-14H,10-11H2,1-5H3,(H,26,28)(H,27,29)/b9-7+. The van der Waals surface area contributed by atoms with Gasteiger partial charge in [-0.15, -0.1) is 0 Å². The maximum absolute atomic E-state index is 12.4. The van der Waals surface area contributed by atoms with E-state index < -0.39 is 0 Å². The average Bonchev–Trinajstić information content (AvgIpc) is 2.80. The van der Waals surface area contributed by atoms with Crippen molar-refractivity contribution in [2.75, 3.05) is 27.9 Å². The fraction of sp³-hybridized carbons (Fsp3) is 0.280. The van der Waals surface area contributed by atoms with Crippen molar-refractivity contribution in [3.05, 3.63) is 69.0 Å². The summed E-state index contributed by atoms with van der Waals surface area (Å²) >= 11 is 0. The lowest BCUT2D eigenvalue weighted by atomic mass is 10.0. The summed E-state index contributed by atoms with van der Waals surface area (Å²) < 4.78 is 15.9. The van der Waals surface area contributed by atoms with Gasteiger partial charge in [-0.25, -0.2) is 0 Å². The highest BCUT2D eigenvalue weighted by Gasteiger charge is 2.12. The highest BCUT2D eigenvalue weighted by Crippen LogP contribution is 2.38. The summed E-state index contributed by atoms with van der Waals surface area (Å²) in [6.07, 6.45) is 3.52. The SMILES string of the molecule is COc1cc(/C=C/C(=O)NCCc2cc3ccc(C)c(C)c3[nH]c2=O)cc(OC)c1OC. The number of benzene rings is 2. The van der Waals surface area contributed by atoms with E-state index in [1.165, 1.54) is 27.4 Å². The van der Waals surface area contributed by atoms with Crippen LogP contribution in [0.15, 0.2) is 41.2 Å². The molecule has 0 bridgehead atoms. The first-order valence-corrected chi connectivity index (χ1v) is 10.3. The molecule has 1 heterocycles. The first-order chi connectivity index (χ1) is 15.4. The molecular weight excluding hydrogens is 408 g/mol. The van der Waals surface area contributed by atoms with Crippen LogP contribution in [0.1, 0.15) is 22.3 Å². The van der Waals surface area contributed by atoms with Crippen LogP contribution in [0.3, 0.4) is 0 Å². The van der Waals surface area contributed by atoms with Crippen molar-refractivity contribution >= 4 is 22.9 Å². The second-order valence-corrected chi connectivity index (χ2v) is 7.43. The Hall–Kier alpha value is -3.74. The molecule has 2 N–H and O–H groups in total. The quantitative estimate of drug-likeness (QED) is 0.527. The molecule has 3 rings (SSSR count). The van der Waals surface area contributed by atoms with Crippen molar-refractivity contribution in [3.63, 3.8) is 0 Å². The summed E-state index contributed by atoms with van der Waals surface area (Å²) in [7, 11) is 4.61. The molecule has 0 aliphatic heterocycles. The highest BCUT2D eigenvalue weighted by atomic mass is 16.5. The number of aryl methyl sites for hydroxylation is 2. The van der Waals surface area contributed by atoms with Crippen LogP contribution in [-0.4, -0.2) is 38.8 Å². The number of aromatic amines is 1. The molecule has 7 heteroatoms. The predicted octanol–water partition coefficient (Wildman–Crippen LogP) is 3.54. The van der Waals surface area contributed by atoms with Crippen LogP contribution in [-0.2, 0) is 11.2 Å². The minimum atomic E-state index is -0.262. The summed E-state index contributed by atoms with van der Waals surface area (Å²) in [4.78, 5) is 27.7. The molecule has 2 aromatic carbocycles. The number of nitrogens with one attached hydrogen (secondary N) is 2. The van der Waals surface area contributed by atoms with Gasteiger partial charge in [-0.2, -0.15) is 0 Å². The summed E-state index contributed by atoms with van der Waals surface area (Å²) in [5.74, 6) is 1.24. The molecule has 0 saturated carbocycles. The Kier molecular flexibility index (Phi) is 7.20. The van der Waals surface area contributed by atoms with Gasteiger partial charge in [0.2, 0.25) is 11.7 Å². The van der Waals surface area contributed by atoms with Gasteiger partial charge < -0.3 is 24.5 Å². The van der Waals surface area contributed by atoms with Crippen molar-refractivity contribution in [1.29, 1.82) is 0 Å². The van der Waals surface area contributed by atoms with Gasteiger partial charge in [-0.05, 0) is 66.6 Å². The molecule has 168 valence electrons. The summed E-state index contributed by atoms with van der Waals surface area (Å²) in [5, 5.41) is 3.79. The minimum absolute atomic E-state index is 0.131. The normalized spacial score (nSPS) is 11.0. The van der Waals surface area contributed by atoms with E-state index in [4.69, 9.17) is 14.2 Å². The van der Waals surface area contributed by atoms with E-state index in [1.807, 2.05) is 32.0 Å². The van der Waals surface area contributed by atoms with Gasteiger partial charge in [0.25, 0.3) is 5.56 Å². The van der Waals surface area contributed by atoms with Gasteiger partial charge in [0.15, 0.2) is 11.5 Å². The molecule has 0 spiro atoms. The summed E-state index contributed by atoms with van der Waals surface area (Å²) in [6, 6.07) is 9.43. The molecule has 7 nitrogen and oxygen atoms in total. The number of fused-ring (bicyclic) bond motifs is 1. The maximum Gasteiger partial charge on any atom is 0.251 e. The van der Waals surface area contributed by atoms with Crippen molar-refractivity contribution in [2.45, 2.75) is 20.3 Å². The second kappa shape index (κ2) is 10.0. The number of ether oxygens (including phenoxy) is 3. The van der Waals surface area contributed by atoms with Crippen molar-refractivity contribution in [3.8, 4) is 17.2 Å². The van der Waals surface area contributed by atoms with Gasteiger partial charge in [0.1, 0.15) is 0 Å². The summed E-state index contributed by atoms with van der Waals surface area (Å²) in [5.41, 5.74) is 4.29. The smallest absolute Gasteiger partial charge is 0.251 e. The number of pyridine rings is 1. The lowest BCUT2D eigenvalue weighted by molar-refractivity contribution is -0.116. The van der Waals surface area contributed by atoms with Gasteiger partial charge in [0, 0.05) is 18.2 Å². The zero-order valence-electron chi connectivity index (χ0n) is 19.0. The zero-order chi connectivity index (χ0) is 23.3. The molecule has 0 radical (unpaired) electrons. The lowest BCUT2D eigenvalue weighted by Crippen LogP contribution is -2.25. The van der Waals surface area contributed by atoms with Crippen molar-refractivity contribution in [1.82, 2.24) is 10.3 Å².